The zero-order chi connectivity index (χ0) is 26.0. The van der Waals surface area contributed by atoms with Gasteiger partial charge in [0.1, 0.15) is 5.82 Å². The highest BCUT2D eigenvalue weighted by Crippen LogP contribution is 2.32. The Hall–Kier alpha value is -4.20. The number of aryl methyl sites for hydroxylation is 1. The second-order valence-corrected chi connectivity index (χ2v) is 9.11. The molecule has 2 heterocycles. The minimum absolute atomic E-state index is 0.321. The van der Waals surface area contributed by atoms with Crippen LogP contribution in [0.25, 0.3) is 11.1 Å². The van der Waals surface area contributed by atoms with Crippen molar-refractivity contribution in [2.75, 3.05) is 41.3 Å². The van der Waals surface area contributed by atoms with Crippen LogP contribution in [0.15, 0.2) is 85.1 Å². The standard InChI is InChI=1S/C29H27F3N4O/c1-20-14-15-33-27(20)36-18-16-35(17-19-36)24-12-10-23(11-13-24)34-28(37)26-5-3-2-4-25(26)21-6-8-22(9-7-21)29(30,31)32/h2-15,33H,16-19H2,1H3,(H,34,37). The minimum Gasteiger partial charge on any atom is -0.368 e. The monoisotopic (exact) mass is 504 g/mol. The van der Waals surface area contributed by atoms with Crippen LogP contribution in [0.3, 0.4) is 0 Å². The van der Waals surface area contributed by atoms with Crippen molar-refractivity contribution < 1.29 is 18.0 Å². The van der Waals surface area contributed by atoms with E-state index in [-0.39, 0.29) is 5.91 Å². The predicted octanol–water partition coefficient (Wildman–Crippen LogP) is 6.59. The van der Waals surface area contributed by atoms with E-state index in [0.717, 1.165) is 44.0 Å². The summed E-state index contributed by atoms with van der Waals surface area (Å²) in [7, 11) is 0. The quantitative estimate of drug-likeness (QED) is 0.323. The van der Waals surface area contributed by atoms with Gasteiger partial charge >= 0.3 is 6.18 Å². The summed E-state index contributed by atoms with van der Waals surface area (Å²) in [6.45, 7) is 5.73. The predicted molar refractivity (Wildman–Crippen MR) is 141 cm³/mol. The second-order valence-electron chi connectivity index (χ2n) is 9.11. The molecule has 1 fully saturated rings. The largest absolute Gasteiger partial charge is 0.416 e. The Morgan fingerprint density at radius 2 is 1.49 bits per heavy atom. The number of rotatable bonds is 5. The van der Waals surface area contributed by atoms with Crippen LogP contribution in [0.1, 0.15) is 21.5 Å². The molecule has 4 aromatic rings. The van der Waals surface area contributed by atoms with E-state index in [1.807, 2.05) is 30.5 Å². The average Bonchev–Trinajstić information content (AvgIpc) is 3.34. The first-order chi connectivity index (χ1) is 17.8. The molecule has 0 aliphatic carbocycles. The van der Waals surface area contributed by atoms with Crippen molar-refractivity contribution in [2.45, 2.75) is 13.1 Å². The molecule has 5 nitrogen and oxygen atoms in total. The summed E-state index contributed by atoms with van der Waals surface area (Å²) in [5.74, 6) is 0.854. The number of nitrogens with zero attached hydrogens (tertiary/aromatic N) is 2. The third-order valence-corrected chi connectivity index (χ3v) is 6.71. The van der Waals surface area contributed by atoms with E-state index in [0.29, 0.717) is 22.4 Å². The number of carbonyl (C=O) groups is 1. The number of hydrogen-bond donors (Lipinski definition) is 2. The van der Waals surface area contributed by atoms with Gasteiger partial charge < -0.3 is 20.1 Å². The summed E-state index contributed by atoms with van der Waals surface area (Å²) in [4.78, 5) is 21.1. The van der Waals surface area contributed by atoms with Crippen LogP contribution in [0.4, 0.5) is 30.4 Å². The van der Waals surface area contributed by atoms with Gasteiger partial charge in [0.25, 0.3) is 5.91 Å². The van der Waals surface area contributed by atoms with Gasteiger partial charge in [-0.15, -0.1) is 0 Å². The number of aromatic amines is 1. The van der Waals surface area contributed by atoms with Crippen molar-refractivity contribution in [3.63, 3.8) is 0 Å². The number of alkyl halides is 3. The number of halogens is 3. The summed E-state index contributed by atoms with van der Waals surface area (Å²) >= 11 is 0. The van der Waals surface area contributed by atoms with Crippen LogP contribution in [0, 0.1) is 6.92 Å². The third-order valence-electron chi connectivity index (χ3n) is 6.71. The summed E-state index contributed by atoms with van der Waals surface area (Å²) in [6, 6.07) is 21.5. The molecule has 1 aliphatic heterocycles. The summed E-state index contributed by atoms with van der Waals surface area (Å²) < 4.78 is 38.8. The molecule has 1 aromatic heterocycles. The fourth-order valence-electron chi connectivity index (χ4n) is 4.69. The van der Waals surface area contributed by atoms with Crippen LogP contribution in [0.5, 0.6) is 0 Å². The Kier molecular flexibility index (Phi) is 6.65. The first-order valence-electron chi connectivity index (χ1n) is 12.1. The van der Waals surface area contributed by atoms with E-state index in [1.165, 1.54) is 23.5 Å². The molecule has 1 amide bonds. The number of piperazine rings is 1. The van der Waals surface area contributed by atoms with Gasteiger partial charge in [-0.05, 0) is 72.1 Å². The van der Waals surface area contributed by atoms with Gasteiger partial charge in [0.2, 0.25) is 0 Å². The van der Waals surface area contributed by atoms with Crippen LogP contribution in [-0.4, -0.2) is 37.1 Å². The van der Waals surface area contributed by atoms with Crippen LogP contribution < -0.4 is 15.1 Å². The SMILES string of the molecule is Cc1cc[nH]c1N1CCN(c2ccc(NC(=O)c3ccccc3-c3ccc(C(F)(F)F)cc3)cc2)CC1. The number of amides is 1. The number of anilines is 3. The number of aromatic nitrogens is 1. The van der Waals surface area contributed by atoms with Gasteiger partial charge in [-0.25, -0.2) is 0 Å². The number of H-pyrrole nitrogens is 1. The van der Waals surface area contributed by atoms with Gasteiger partial charge in [-0.1, -0.05) is 30.3 Å². The summed E-state index contributed by atoms with van der Waals surface area (Å²) in [5, 5.41) is 2.92. The van der Waals surface area contributed by atoms with Crippen molar-refractivity contribution in [3.05, 3.63) is 102 Å². The highest BCUT2D eigenvalue weighted by Gasteiger charge is 2.30. The van der Waals surface area contributed by atoms with E-state index < -0.39 is 11.7 Å². The molecule has 0 spiro atoms. The van der Waals surface area contributed by atoms with Crippen molar-refractivity contribution >= 4 is 23.1 Å². The molecule has 0 saturated carbocycles. The molecular formula is C29H27F3N4O. The number of carbonyl (C=O) groups excluding carboxylic acids is 1. The topological polar surface area (TPSA) is 51.4 Å². The lowest BCUT2D eigenvalue weighted by Crippen LogP contribution is -2.46. The van der Waals surface area contributed by atoms with Gasteiger partial charge in [0.05, 0.1) is 5.56 Å². The first kappa shape index (κ1) is 24.5. The lowest BCUT2D eigenvalue weighted by molar-refractivity contribution is -0.137. The molecule has 2 N–H and O–H groups in total. The Balaban J connectivity index is 1.25. The van der Waals surface area contributed by atoms with E-state index >= 15 is 0 Å². The maximum atomic E-state index is 13.1. The van der Waals surface area contributed by atoms with Gasteiger partial charge in [0, 0.05) is 49.3 Å². The lowest BCUT2D eigenvalue weighted by Gasteiger charge is -2.37. The van der Waals surface area contributed by atoms with Crippen molar-refractivity contribution in [1.82, 2.24) is 4.98 Å². The fourth-order valence-corrected chi connectivity index (χ4v) is 4.69. The zero-order valence-corrected chi connectivity index (χ0v) is 20.3. The maximum Gasteiger partial charge on any atom is 0.416 e. The van der Waals surface area contributed by atoms with Crippen molar-refractivity contribution in [3.8, 4) is 11.1 Å². The molecule has 1 saturated heterocycles. The number of benzene rings is 3. The lowest BCUT2D eigenvalue weighted by atomic mass is 9.98. The van der Waals surface area contributed by atoms with E-state index in [2.05, 4.69) is 33.1 Å². The van der Waals surface area contributed by atoms with Crippen molar-refractivity contribution in [2.24, 2.45) is 0 Å². The maximum absolute atomic E-state index is 13.1. The Labute approximate surface area is 213 Å². The first-order valence-corrected chi connectivity index (χ1v) is 12.1. The Bertz CT molecular complexity index is 1370. The van der Waals surface area contributed by atoms with E-state index in [4.69, 9.17) is 0 Å². The highest BCUT2D eigenvalue weighted by atomic mass is 19.4. The van der Waals surface area contributed by atoms with Crippen LogP contribution in [0.2, 0.25) is 0 Å². The molecule has 0 bridgehead atoms. The molecule has 5 rings (SSSR count). The summed E-state index contributed by atoms with van der Waals surface area (Å²) in [5.41, 5.74) is 3.76. The van der Waals surface area contributed by atoms with Crippen LogP contribution >= 0.6 is 0 Å². The summed E-state index contributed by atoms with van der Waals surface area (Å²) in [6.07, 6.45) is -2.44. The van der Waals surface area contributed by atoms with Crippen LogP contribution in [-0.2, 0) is 6.18 Å². The van der Waals surface area contributed by atoms with E-state index in [9.17, 15) is 18.0 Å². The highest BCUT2D eigenvalue weighted by molar-refractivity contribution is 6.08. The molecule has 0 unspecified atom stereocenters. The molecule has 190 valence electrons. The number of nitrogens with one attached hydrogen (secondary N) is 2. The average molecular weight is 505 g/mol. The smallest absolute Gasteiger partial charge is 0.368 e. The normalized spacial score (nSPS) is 14.1. The second kappa shape index (κ2) is 10.0. The Morgan fingerprint density at radius 3 is 2.11 bits per heavy atom. The van der Waals surface area contributed by atoms with Crippen molar-refractivity contribution in [1.29, 1.82) is 0 Å². The van der Waals surface area contributed by atoms with Gasteiger partial charge in [0.15, 0.2) is 0 Å². The van der Waals surface area contributed by atoms with Gasteiger partial charge in [-0.3, -0.25) is 4.79 Å². The van der Waals surface area contributed by atoms with Gasteiger partial charge in [-0.2, -0.15) is 13.2 Å². The molecule has 37 heavy (non-hydrogen) atoms. The number of hydrogen-bond acceptors (Lipinski definition) is 3. The molecule has 0 radical (unpaired) electrons. The zero-order valence-electron chi connectivity index (χ0n) is 20.3. The molecule has 0 atom stereocenters. The molecule has 8 heteroatoms. The fraction of sp³-hybridized carbons (Fsp3) is 0.207. The third kappa shape index (κ3) is 5.33. The molecule has 3 aromatic carbocycles. The molecule has 1 aliphatic rings. The minimum atomic E-state index is -4.41. The van der Waals surface area contributed by atoms with E-state index in [1.54, 1.807) is 24.3 Å². The Morgan fingerprint density at radius 1 is 0.838 bits per heavy atom. The molecular weight excluding hydrogens is 477 g/mol.